The van der Waals surface area contributed by atoms with E-state index in [0.717, 1.165) is 25.7 Å². The molecular weight excluding hydrogens is 252 g/mol. The van der Waals surface area contributed by atoms with E-state index in [1.807, 2.05) is 0 Å². The first-order chi connectivity index (χ1) is 8.65. The summed E-state index contributed by atoms with van der Waals surface area (Å²) in [5, 5.41) is 2.98. The third-order valence-corrected chi connectivity index (χ3v) is 3.97. The van der Waals surface area contributed by atoms with Crippen LogP contribution in [0.1, 0.15) is 42.6 Å². The smallest absolute Gasteiger partial charge is 0.268 e. The lowest BCUT2D eigenvalue weighted by atomic mass is 9.83. The van der Waals surface area contributed by atoms with Crippen LogP contribution in [0.4, 0.5) is 0 Å². The molecule has 0 aliphatic heterocycles. The molecule has 0 atom stereocenters. The summed E-state index contributed by atoms with van der Waals surface area (Å²) in [6, 6.07) is 4.55. The van der Waals surface area contributed by atoms with Crippen molar-refractivity contribution in [2.75, 3.05) is 5.88 Å². The summed E-state index contributed by atoms with van der Waals surface area (Å²) in [5.41, 5.74) is -0.298. The highest BCUT2D eigenvalue weighted by molar-refractivity contribution is 6.18. The number of aromatic nitrogens is 1. The van der Waals surface area contributed by atoms with Crippen molar-refractivity contribution in [1.82, 2.24) is 10.3 Å². The lowest BCUT2D eigenvalue weighted by Crippen LogP contribution is -2.51. The van der Waals surface area contributed by atoms with Gasteiger partial charge in [-0.2, -0.15) is 0 Å². The minimum atomic E-state index is -0.316. The molecule has 0 unspecified atom stereocenters. The van der Waals surface area contributed by atoms with Gasteiger partial charge in [0.2, 0.25) is 5.56 Å². The molecule has 1 amide bonds. The highest BCUT2D eigenvalue weighted by Gasteiger charge is 2.33. The summed E-state index contributed by atoms with van der Waals surface area (Å²) < 4.78 is 0. The van der Waals surface area contributed by atoms with Crippen molar-refractivity contribution in [3.63, 3.8) is 0 Å². The molecule has 1 aliphatic rings. The Morgan fingerprint density at radius 2 is 2.06 bits per heavy atom. The molecule has 1 heterocycles. The highest BCUT2D eigenvalue weighted by atomic mass is 35.5. The summed E-state index contributed by atoms with van der Waals surface area (Å²) in [4.78, 5) is 25.8. The second kappa shape index (κ2) is 5.57. The molecule has 4 nitrogen and oxygen atoms in total. The molecular formula is C13H17ClN2O2. The van der Waals surface area contributed by atoms with Gasteiger partial charge in [0.1, 0.15) is 5.69 Å². The van der Waals surface area contributed by atoms with Gasteiger partial charge in [0, 0.05) is 11.9 Å². The van der Waals surface area contributed by atoms with Crippen LogP contribution in [0.3, 0.4) is 0 Å². The Balaban J connectivity index is 2.12. The van der Waals surface area contributed by atoms with Crippen molar-refractivity contribution in [2.45, 2.75) is 37.6 Å². The Morgan fingerprint density at radius 3 is 2.67 bits per heavy atom. The quantitative estimate of drug-likeness (QED) is 0.824. The number of aromatic amines is 1. The van der Waals surface area contributed by atoms with E-state index < -0.39 is 0 Å². The van der Waals surface area contributed by atoms with Gasteiger partial charge < -0.3 is 10.3 Å². The molecule has 0 aromatic carbocycles. The average molecular weight is 269 g/mol. The van der Waals surface area contributed by atoms with E-state index in [1.165, 1.54) is 12.5 Å². The van der Waals surface area contributed by atoms with Gasteiger partial charge in [-0.3, -0.25) is 9.59 Å². The van der Waals surface area contributed by atoms with Gasteiger partial charge >= 0.3 is 0 Å². The molecule has 1 saturated carbocycles. The van der Waals surface area contributed by atoms with Crippen LogP contribution in [-0.4, -0.2) is 22.3 Å². The van der Waals surface area contributed by atoms with Crippen molar-refractivity contribution < 1.29 is 4.79 Å². The molecule has 0 bridgehead atoms. The summed E-state index contributed by atoms with van der Waals surface area (Å²) in [7, 11) is 0. The Morgan fingerprint density at radius 1 is 1.33 bits per heavy atom. The van der Waals surface area contributed by atoms with Gasteiger partial charge in [-0.05, 0) is 18.9 Å². The van der Waals surface area contributed by atoms with Crippen LogP contribution in [0.25, 0.3) is 0 Å². The van der Waals surface area contributed by atoms with Crippen LogP contribution in [0.15, 0.2) is 23.0 Å². The molecule has 0 radical (unpaired) electrons. The first-order valence-electron chi connectivity index (χ1n) is 6.23. The number of hydrogen-bond acceptors (Lipinski definition) is 2. The predicted octanol–water partition coefficient (Wildman–Crippen LogP) is 2.05. The van der Waals surface area contributed by atoms with E-state index in [1.54, 1.807) is 12.1 Å². The molecule has 5 heteroatoms. The Labute approximate surface area is 111 Å². The second-order valence-corrected chi connectivity index (χ2v) is 5.12. The van der Waals surface area contributed by atoms with Gasteiger partial charge in [-0.15, -0.1) is 11.6 Å². The number of halogens is 1. The fourth-order valence-electron chi connectivity index (χ4n) is 2.41. The van der Waals surface area contributed by atoms with Crippen LogP contribution < -0.4 is 10.9 Å². The number of pyridine rings is 1. The van der Waals surface area contributed by atoms with Crippen LogP contribution >= 0.6 is 11.6 Å². The second-order valence-electron chi connectivity index (χ2n) is 4.86. The number of amides is 1. The minimum absolute atomic E-state index is 0.254. The molecule has 0 saturated heterocycles. The van der Waals surface area contributed by atoms with Crippen LogP contribution in [0, 0.1) is 0 Å². The van der Waals surface area contributed by atoms with Crippen molar-refractivity contribution in [2.24, 2.45) is 0 Å². The molecule has 1 aromatic heterocycles. The molecule has 1 aromatic rings. The lowest BCUT2D eigenvalue weighted by molar-refractivity contribution is 0.0879. The summed E-state index contributed by atoms with van der Waals surface area (Å²) >= 11 is 6.01. The standard InChI is InChI=1S/C13H17ClN2O2/c14-9-13(7-2-1-3-8-13)16-12(18)10-5-4-6-11(17)15-10/h4-6H,1-3,7-9H2,(H,15,17)(H,16,18). The zero-order valence-electron chi connectivity index (χ0n) is 10.2. The molecule has 1 fully saturated rings. The molecule has 2 rings (SSSR count). The maximum atomic E-state index is 12.1. The number of alkyl halides is 1. The summed E-state index contributed by atoms with van der Waals surface area (Å²) in [6.45, 7) is 0. The number of carbonyl (C=O) groups excluding carboxylic acids is 1. The average Bonchev–Trinajstić information content (AvgIpc) is 2.40. The third-order valence-electron chi connectivity index (χ3n) is 3.46. The number of carbonyl (C=O) groups is 1. The number of rotatable bonds is 3. The van der Waals surface area contributed by atoms with Gasteiger partial charge in [-0.25, -0.2) is 0 Å². The normalized spacial score (nSPS) is 18.3. The zero-order chi connectivity index (χ0) is 13.0. The largest absolute Gasteiger partial charge is 0.344 e. The van der Waals surface area contributed by atoms with E-state index in [4.69, 9.17) is 11.6 Å². The summed E-state index contributed by atoms with van der Waals surface area (Å²) in [5.74, 6) is 0.158. The first kappa shape index (κ1) is 13.1. The van der Waals surface area contributed by atoms with Gasteiger partial charge in [-0.1, -0.05) is 25.3 Å². The van der Waals surface area contributed by atoms with E-state index in [2.05, 4.69) is 10.3 Å². The van der Waals surface area contributed by atoms with E-state index in [-0.39, 0.29) is 22.7 Å². The topological polar surface area (TPSA) is 62.0 Å². The molecule has 0 spiro atoms. The highest BCUT2D eigenvalue weighted by Crippen LogP contribution is 2.29. The summed E-state index contributed by atoms with van der Waals surface area (Å²) in [6.07, 6.45) is 5.16. The van der Waals surface area contributed by atoms with E-state index >= 15 is 0 Å². The zero-order valence-corrected chi connectivity index (χ0v) is 10.9. The Hall–Kier alpha value is -1.29. The fourth-order valence-corrected chi connectivity index (χ4v) is 2.74. The Kier molecular flexibility index (Phi) is 4.07. The van der Waals surface area contributed by atoms with Crippen LogP contribution in [-0.2, 0) is 0 Å². The first-order valence-corrected chi connectivity index (χ1v) is 6.76. The molecule has 98 valence electrons. The van der Waals surface area contributed by atoms with E-state index in [9.17, 15) is 9.59 Å². The SMILES string of the molecule is O=C(NC1(CCl)CCCCC1)c1cccc(=O)[nH]1. The number of hydrogen-bond donors (Lipinski definition) is 2. The number of nitrogens with one attached hydrogen (secondary N) is 2. The van der Waals surface area contributed by atoms with Gasteiger partial charge in [0.05, 0.1) is 5.54 Å². The monoisotopic (exact) mass is 268 g/mol. The molecule has 1 aliphatic carbocycles. The van der Waals surface area contributed by atoms with Crippen molar-refractivity contribution >= 4 is 17.5 Å². The molecule has 2 N–H and O–H groups in total. The lowest BCUT2D eigenvalue weighted by Gasteiger charge is -2.36. The Bertz CT molecular complexity index is 478. The van der Waals surface area contributed by atoms with E-state index in [0.29, 0.717) is 5.88 Å². The van der Waals surface area contributed by atoms with Gasteiger partial charge in [0.15, 0.2) is 0 Å². The molecule has 18 heavy (non-hydrogen) atoms. The van der Waals surface area contributed by atoms with Crippen LogP contribution in [0.2, 0.25) is 0 Å². The maximum absolute atomic E-state index is 12.1. The number of H-pyrrole nitrogens is 1. The van der Waals surface area contributed by atoms with Crippen molar-refractivity contribution in [3.8, 4) is 0 Å². The third kappa shape index (κ3) is 2.93. The van der Waals surface area contributed by atoms with Crippen LogP contribution in [0.5, 0.6) is 0 Å². The van der Waals surface area contributed by atoms with Crippen molar-refractivity contribution in [3.05, 3.63) is 34.2 Å². The predicted molar refractivity (Wildman–Crippen MR) is 71.1 cm³/mol. The fraction of sp³-hybridized carbons (Fsp3) is 0.538. The van der Waals surface area contributed by atoms with Crippen molar-refractivity contribution in [1.29, 1.82) is 0 Å². The maximum Gasteiger partial charge on any atom is 0.268 e. The minimum Gasteiger partial charge on any atom is -0.344 e. The van der Waals surface area contributed by atoms with Gasteiger partial charge in [0.25, 0.3) is 5.91 Å².